The number of hydrogen-bond donors (Lipinski definition) is 1. The number of nitrogens with one attached hydrogen (secondary N) is 1. The standard InChI is InChI=1S/C27H36N2O2/c1-22-8-10-23(11-9-22)27(16-4-2-5-17-27)26(30)28-24-12-14-25(15-13-24)31-21-20-29-18-6-3-7-19-29/h8-15H,2-7,16-21H2,1H3,(H,28,30). The highest BCUT2D eigenvalue weighted by Crippen LogP contribution is 2.40. The van der Waals surface area contributed by atoms with Gasteiger partial charge in [-0.25, -0.2) is 0 Å². The first kappa shape index (κ1) is 21.9. The number of carbonyl (C=O) groups excluding carboxylic acids is 1. The number of benzene rings is 2. The second-order valence-corrected chi connectivity index (χ2v) is 9.24. The molecule has 1 saturated carbocycles. The fraction of sp³-hybridized carbons (Fsp3) is 0.519. The van der Waals surface area contributed by atoms with Gasteiger partial charge in [-0.3, -0.25) is 9.69 Å². The predicted molar refractivity (Wildman–Crippen MR) is 127 cm³/mol. The number of carbonyl (C=O) groups is 1. The fourth-order valence-corrected chi connectivity index (χ4v) is 5.04. The van der Waals surface area contributed by atoms with E-state index in [0.29, 0.717) is 6.61 Å². The van der Waals surface area contributed by atoms with Crippen molar-refractivity contribution in [1.29, 1.82) is 0 Å². The SMILES string of the molecule is Cc1ccc(C2(C(=O)Nc3ccc(OCCN4CCCCC4)cc3)CCCCC2)cc1. The maximum absolute atomic E-state index is 13.5. The van der Waals surface area contributed by atoms with Gasteiger partial charge in [0.25, 0.3) is 0 Å². The maximum atomic E-state index is 13.5. The molecule has 1 amide bonds. The summed E-state index contributed by atoms with van der Waals surface area (Å²) < 4.78 is 5.93. The van der Waals surface area contributed by atoms with Crippen LogP contribution in [0.5, 0.6) is 5.75 Å². The quantitative estimate of drug-likeness (QED) is 0.625. The molecular weight excluding hydrogens is 384 g/mol. The fourth-order valence-electron chi connectivity index (χ4n) is 5.04. The Hall–Kier alpha value is -2.33. The van der Waals surface area contributed by atoms with Crippen molar-refractivity contribution in [2.45, 2.75) is 63.7 Å². The number of amides is 1. The molecule has 2 fully saturated rings. The minimum absolute atomic E-state index is 0.120. The summed E-state index contributed by atoms with van der Waals surface area (Å²) in [6.45, 7) is 6.17. The first-order valence-electron chi connectivity index (χ1n) is 12.0. The van der Waals surface area contributed by atoms with E-state index in [0.717, 1.165) is 49.2 Å². The summed E-state index contributed by atoms with van der Waals surface area (Å²) in [4.78, 5) is 15.9. The lowest BCUT2D eigenvalue weighted by atomic mass is 9.68. The van der Waals surface area contributed by atoms with Crippen LogP contribution < -0.4 is 10.1 Å². The molecule has 1 N–H and O–H groups in total. The van der Waals surface area contributed by atoms with Gasteiger partial charge in [-0.15, -0.1) is 0 Å². The summed E-state index contributed by atoms with van der Waals surface area (Å²) in [5, 5.41) is 3.20. The van der Waals surface area contributed by atoms with Crippen molar-refractivity contribution < 1.29 is 9.53 Å². The Labute approximate surface area is 187 Å². The third-order valence-corrected chi connectivity index (χ3v) is 6.98. The molecular formula is C27H36N2O2. The van der Waals surface area contributed by atoms with Crippen molar-refractivity contribution in [3.8, 4) is 5.75 Å². The summed E-state index contributed by atoms with van der Waals surface area (Å²) in [5.74, 6) is 0.982. The molecule has 31 heavy (non-hydrogen) atoms. The van der Waals surface area contributed by atoms with Crippen molar-refractivity contribution in [3.05, 3.63) is 59.7 Å². The zero-order valence-electron chi connectivity index (χ0n) is 18.9. The van der Waals surface area contributed by atoms with Crippen LogP contribution in [-0.2, 0) is 10.2 Å². The molecule has 1 heterocycles. The largest absolute Gasteiger partial charge is 0.492 e. The third-order valence-electron chi connectivity index (χ3n) is 6.98. The monoisotopic (exact) mass is 420 g/mol. The topological polar surface area (TPSA) is 41.6 Å². The van der Waals surface area contributed by atoms with Gasteiger partial charge in [0.1, 0.15) is 12.4 Å². The molecule has 1 aliphatic carbocycles. The maximum Gasteiger partial charge on any atom is 0.235 e. The van der Waals surface area contributed by atoms with Crippen molar-refractivity contribution in [3.63, 3.8) is 0 Å². The smallest absolute Gasteiger partial charge is 0.235 e. The van der Waals surface area contributed by atoms with Crippen LogP contribution in [0.4, 0.5) is 5.69 Å². The Morgan fingerprint density at radius 2 is 1.55 bits per heavy atom. The molecule has 2 aromatic rings. The average Bonchev–Trinajstić information content (AvgIpc) is 2.82. The van der Waals surface area contributed by atoms with Crippen LogP contribution in [0.1, 0.15) is 62.5 Å². The molecule has 2 aromatic carbocycles. The van der Waals surface area contributed by atoms with Crippen LogP contribution in [0.15, 0.2) is 48.5 Å². The van der Waals surface area contributed by atoms with E-state index in [4.69, 9.17) is 4.74 Å². The minimum atomic E-state index is -0.421. The summed E-state index contributed by atoms with van der Waals surface area (Å²) >= 11 is 0. The Bertz CT molecular complexity index is 833. The number of likely N-dealkylation sites (tertiary alicyclic amines) is 1. The lowest BCUT2D eigenvalue weighted by Gasteiger charge is -2.36. The van der Waals surface area contributed by atoms with Crippen LogP contribution >= 0.6 is 0 Å². The lowest BCUT2D eigenvalue weighted by Crippen LogP contribution is -2.42. The molecule has 4 rings (SSSR count). The summed E-state index contributed by atoms with van der Waals surface area (Å²) in [6.07, 6.45) is 9.21. The van der Waals surface area contributed by atoms with E-state index < -0.39 is 5.41 Å². The molecule has 0 atom stereocenters. The van der Waals surface area contributed by atoms with Gasteiger partial charge in [-0.05, 0) is 75.5 Å². The lowest BCUT2D eigenvalue weighted by molar-refractivity contribution is -0.122. The molecule has 0 bridgehead atoms. The molecule has 0 unspecified atom stereocenters. The highest BCUT2D eigenvalue weighted by Gasteiger charge is 2.41. The molecule has 4 heteroatoms. The van der Waals surface area contributed by atoms with Crippen LogP contribution in [0.2, 0.25) is 0 Å². The van der Waals surface area contributed by atoms with Gasteiger partial charge in [0.05, 0.1) is 5.41 Å². The zero-order valence-corrected chi connectivity index (χ0v) is 18.9. The molecule has 0 spiro atoms. The van der Waals surface area contributed by atoms with Gasteiger partial charge < -0.3 is 10.1 Å². The Morgan fingerprint density at radius 3 is 2.23 bits per heavy atom. The second-order valence-electron chi connectivity index (χ2n) is 9.24. The van der Waals surface area contributed by atoms with Crippen molar-refractivity contribution in [2.24, 2.45) is 0 Å². The second kappa shape index (κ2) is 10.3. The van der Waals surface area contributed by atoms with Gasteiger partial charge in [-0.1, -0.05) is 55.5 Å². The Balaban J connectivity index is 1.36. The highest BCUT2D eigenvalue weighted by molar-refractivity contribution is 5.99. The number of anilines is 1. The summed E-state index contributed by atoms with van der Waals surface area (Å²) in [6, 6.07) is 16.4. The van der Waals surface area contributed by atoms with Crippen LogP contribution in [-0.4, -0.2) is 37.0 Å². The highest BCUT2D eigenvalue weighted by atomic mass is 16.5. The van der Waals surface area contributed by atoms with E-state index >= 15 is 0 Å². The van der Waals surface area contributed by atoms with Gasteiger partial charge in [-0.2, -0.15) is 0 Å². The minimum Gasteiger partial charge on any atom is -0.492 e. The molecule has 1 aliphatic heterocycles. The molecule has 0 aromatic heterocycles. The van der Waals surface area contributed by atoms with Gasteiger partial charge in [0.15, 0.2) is 0 Å². The molecule has 166 valence electrons. The Kier molecular flexibility index (Phi) is 7.29. The molecule has 1 saturated heterocycles. The normalized spacial score (nSPS) is 19.0. The number of hydrogen-bond acceptors (Lipinski definition) is 3. The zero-order chi connectivity index (χ0) is 21.5. The first-order chi connectivity index (χ1) is 15.2. The molecule has 2 aliphatic rings. The van der Waals surface area contributed by atoms with Crippen LogP contribution in [0, 0.1) is 6.92 Å². The van der Waals surface area contributed by atoms with Crippen LogP contribution in [0.25, 0.3) is 0 Å². The molecule has 4 nitrogen and oxygen atoms in total. The van der Waals surface area contributed by atoms with Gasteiger partial charge >= 0.3 is 0 Å². The molecule has 0 radical (unpaired) electrons. The van der Waals surface area contributed by atoms with Crippen molar-refractivity contribution in [1.82, 2.24) is 4.90 Å². The average molecular weight is 421 g/mol. The van der Waals surface area contributed by atoms with E-state index in [2.05, 4.69) is 41.4 Å². The van der Waals surface area contributed by atoms with Crippen LogP contribution in [0.3, 0.4) is 0 Å². The third kappa shape index (κ3) is 5.48. The first-order valence-corrected chi connectivity index (χ1v) is 12.0. The Morgan fingerprint density at radius 1 is 0.903 bits per heavy atom. The van der Waals surface area contributed by atoms with Crippen molar-refractivity contribution >= 4 is 11.6 Å². The summed E-state index contributed by atoms with van der Waals surface area (Å²) in [5.41, 5.74) is 2.79. The van der Waals surface area contributed by atoms with E-state index in [-0.39, 0.29) is 5.91 Å². The van der Waals surface area contributed by atoms with E-state index in [1.165, 1.54) is 44.3 Å². The van der Waals surface area contributed by atoms with Crippen molar-refractivity contribution in [2.75, 3.05) is 31.6 Å². The number of aryl methyl sites for hydroxylation is 1. The predicted octanol–water partition coefficient (Wildman–Crippen LogP) is 5.70. The van der Waals surface area contributed by atoms with Gasteiger partial charge in [0.2, 0.25) is 5.91 Å². The number of piperidine rings is 1. The number of rotatable bonds is 7. The summed E-state index contributed by atoms with van der Waals surface area (Å²) in [7, 11) is 0. The number of nitrogens with zero attached hydrogens (tertiary/aromatic N) is 1. The van der Waals surface area contributed by atoms with E-state index in [1.54, 1.807) is 0 Å². The van der Waals surface area contributed by atoms with E-state index in [1.807, 2.05) is 24.3 Å². The number of ether oxygens (including phenoxy) is 1. The van der Waals surface area contributed by atoms with Gasteiger partial charge in [0, 0.05) is 12.2 Å². The van der Waals surface area contributed by atoms with E-state index in [9.17, 15) is 4.79 Å².